The minimum absolute atomic E-state index is 0.0930. The lowest BCUT2D eigenvalue weighted by Gasteiger charge is -2.09. The lowest BCUT2D eigenvalue weighted by Crippen LogP contribution is -2.34. The highest BCUT2D eigenvalue weighted by atomic mass is 79.9. The van der Waals surface area contributed by atoms with Crippen molar-refractivity contribution in [2.45, 2.75) is 11.9 Å². The maximum atomic E-state index is 12.1. The van der Waals surface area contributed by atoms with Gasteiger partial charge in [-0.05, 0) is 41.1 Å². The van der Waals surface area contributed by atoms with E-state index in [0.29, 0.717) is 11.5 Å². The summed E-state index contributed by atoms with van der Waals surface area (Å²) in [5.41, 5.74) is 1.51. The quantitative estimate of drug-likeness (QED) is 0.448. The van der Waals surface area contributed by atoms with Crippen molar-refractivity contribution in [2.75, 3.05) is 17.6 Å². The van der Waals surface area contributed by atoms with Gasteiger partial charge in [0.05, 0.1) is 23.5 Å². The van der Waals surface area contributed by atoms with E-state index in [1.165, 1.54) is 11.8 Å². The van der Waals surface area contributed by atoms with Gasteiger partial charge in [0.25, 0.3) is 0 Å². The van der Waals surface area contributed by atoms with Gasteiger partial charge >= 0.3 is 0 Å². The molecule has 0 atom stereocenters. The number of carbonyl (C=O) groups is 2. The smallest absolute Gasteiger partial charge is 0.243 e. The molecule has 0 saturated carbocycles. The van der Waals surface area contributed by atoms with Crippen molar-refractivity contribution in [2.24, 2.45) is 0 Å². The molecule has 6 nitrogen and oxygen atoms in total. The molecule has 2 N–H and O–H groups in total. The van der Waals surface area contributed by atoms with Gasteiger partial charge in [-0.2, -0.15) is 0 Å². The van der Waals surface area contributed by atoms with Crippen LogP contribution in [-0.2, 0) is 9.59 Å². The number of aromatic nitrogens is 2. The largest absolute Gasteiger partial charge is 0.346 e. The number of thioether (sulfide) groups is 1. The third-order valence-electron chi connectivity index (χ3n) is 3.61. The summed E-state index contributed by atoms with van der Waals surface area (Å²) in [7, 11) is 0. The van der Waals surface area contributed by atoms with Crippen molar-refractivity contribution in [3.8, 4) is 0 Å². The number of anilines is 1. The van der Waals surface area contributed by atoms with Gasteiger partial charge in [-0.3, -0.25) is 9.59 Å². The Morgan fingerprint density at radius 2 is 1.78 bits per heavy atom. The first kappa shape index (κ1) is 19.3. The maximum Gasteiger partial charge on any atom is 0.243 e. The van der Waals surface area contributed by atoms with E-state index >= 15 is 0 Å². The monoisotopic (exact) mass is 444 g/mol. The van der Waals surface area contributed by atoms with Crippen molar-refractivity contribution < 1.29 is 9.59 Å². The summed E-state index contributed by atoms with van der Waals surface area (Å²) >= 11 is 4.69. The van der Waals surface area contributed by atoms with Crippen LogP contribution in [-0.4, -0.2) is 34.1 Å². The fourth-order valence-electron chi connectivity index (χ4n) is 2.39. The van der Waals surface area contributed by atoms with Gasteiger partial charge in [0.1, 0.15) is 10.9 Å². The van der Waals surface area contributed by atoms with Crippen LogP contribution in [0.15, 0.2) is 58.0 Å². The normalized spacial score (nSPS) is 10.6. The third-order valence-corrected chi connectivity index (χ3v) is 5.30. The molecule has 0 radical (unpaired) electrons. The second-order valence-corrected chi connectivity index (χ2v) is 7.50. The maximum absolute atomic E-state index is 12.1. The molecule has 1 heterocycles. The van der Waals surface area contributed by atoms with Gasteiger partial charge in [0.2, 0.25) is 11.8 Å². The second kappa shape index (κ2) is 8.96. The summed E-state index contributed by atoms with van der Waals surface area (Å²) in [6.07, 6.45) is 0. The van der Waals surface area contributed by atoms with Crippen LogP contribution in [0.4, 0.5) is 5.69 Å². The lowest BCUT2D eigenvalue weighted by molar-refractivity contribution is -0.122. The number of nitrogens with one attached hydrogen (secondary N) is 2. The molecule has 3 rings (SSSR count). The minimum atomic E-state index is -0.288. The first-order valence-electron chi connectivity index (χ1n) is 8.20. The van der Waals surface area contributed by atoms with E-state index in [0.717, 1.165) is 20.4 Å². The van der Waals surface area contributed by atoms with Crippen molar-refractivity contribution in [3.05, 3.63) is 58.8 Å². The van der Waals surface area contributed by atoms with Crippen LogP contribution in [0.3, 0.4) is 0 Å². The minimum Gasteiger partial charge on any atom is -0.346 e. The number of amides is 2. The molecule has 0 bridgehead atoms. The molecule has 1 aromatic heterocycles. The number of benzene rings is 2. The van der Waals surface area contributed by atoms with E-state index < -0.39 is 0 Å². The van der Waals surface area contributed by atoms with E-state index in [1.807, 2.05) is 49.4 Å². The summed E-state index contributed by atoms with van der Waals surface area (Å²) in [4.78, 5) is 32.9. The Balaban J connectivity index is 1.53. The fourth-order valence-corrected chi connectivity index (χ4v) is 3.67. The van der Waals surface area contributed by atoms with Crippen molar-refractivity contribution in [1.82, 2.24) is 15.3 Å². The number of hydrogen-bond donors (Lipinski definition) is 2. The second-order valence-electron chi connectivity index (χ2n) is 5.69. The Kier molecular flexibility index (Phi) is 6.41. The van der Waals surface area contributed by atoms with E-state index in [9.17, 15) is 9.59 Å². The summed E-state index contributed by atoms with van der Waals surface area (Å²) in [5.74, 6) is 0.304. The standard InChI is InChI=1S/C19H17BrN4O2S/c1-12-22-15-8-4-2-6-13(15)19(23-12)27-11-18(26)21-10-17(25)24-16-9-5-3-7-14(16)20/h2-9H,10-11H2,1H3,(H,21,26)(H,24,25). The molecule has 27 heavy (non-hydrogen) atoms. The lowest BCUT2D eigenvalue weighted by atomic mass is 10.2. The SMILES string of the molecule is Cc1nc(SCC(=O)NCC(=O)Nc2ccccc2Br)c2ccccc2n1. The number of carbonyl (C=O) groups excluding carboxylic acids is 2. The molecule has 0 aliphatic carbocycles. The molecule has 0 aliphatic heterocycles. The van der Waals surface area contributed by atoms with E-state index in [1.54, 1.807) is 6.07 Å². The molecule has 8 heteroatoms. The van der Waals surface area contributed by atoms with Crippen LogP contribution in [0.1, 0.15) is 5.82 Å². The molecule has 0 unspecified atom stereocenters. The van der Waals surface area contributed by atoms with E-state index in [-0.39, 0.29) is 24.1 Å². The molecule has 0 fully saturated rings. The Hall–Kier alpha value is -2.45. The summed E-state index contributed by atoms with van der Waals surface area (Å²) in [6, 6.07) is 15.0. The van der Waals surface area contributed by atoms with E-state index in [4.69, 9.17) is 0 Å². The first-order chi connectivity index (χ1) is 13.0. The molecule has 2 aromatic carbocycles. The predicted molar refractivity (Wildman–Crippen MR) is 111 cm³/mol. The van der Waals surface area contributed by atoms with Gasteiger partial charge in [-0.1, -0.05) is 42.1 Å². The molecular weight excluding hydrogens is 428 g/mol. The number of aryl methyl sites for hydroxylation is 1. The number of nitrogens with zero attached hydrogens (tertiary/aromatic N) is 2. The first-order valence-corrected chi connectivity index (χ1v) is 9.98. The van der Waals surface area contributed by atoms with Gasteiger partial charge < -0.3 is 10.6 Å². The molecule has 0 spiro atoms. The molecule has 138 valence electrons. The number of halogens is 1. The molecule has 0 saturated heterocycles. The highest BCUT2D eigenvalue weighted by Gasteiger charge is 2.11. The Morgan fingerprint density at radius 1 is 1.04 bits per heavy atom. The highest BCUT2D eigenvalue weighted by Crippen LogP contribution is 2.25. The van der Waals surface area contributed by atoms with Crippen molar-refractivity contribution in [1.29, 1.82) is 0 Å². The number of rotatable bonds is 6. The van der Waals surface area contributed by atoms with Crippen LogP contribution < -0.4 is 10.6 Å². The van der Waals surface area contributed by atoms with Gasteiger partial charge in [-0.25, -0.2) is 9.97 Å². The van der Waals surface area contributed by atoms with Crippen LogP contribution in [0.25, 0.3) is 10.9 Å². The van der Waals surface area contributed by atoms with Gasteiger partial charge in [-0.15, -0.1) is 0 Å². The highest BCUT2D eigenvalue weighted by molar-refractivity contribution is 9.10. The zero-order valence-corrected chi connectivity index (χ0v) is 16.9. The average molecular weight is 445 g/mol. The molecule has 0 aliphatic rings. The Labute approximate surface area is 169 Å². The molecule has 2 amide bonds. The summed E-state index contributed by atoms with van der Waals surface area (Å²) in [6.45, 7) is 1.73. The molecule has 3 aromatic rings. The number of hydrogen-bond acceptors (Lipinski definition) is 5. The van der Waals surface area contributed by atoms with Crippen LogP contribution in [0.5, 0.6) is 0 Å². The van der Waals surface area contributed by atoms with Crippen LogP contribution in [0, 0.1) is 6.92 Å². The Morgan fingerprint density at radius 3 is 2.59 bits per heavy atom. The number of fused-ring (bicyclic) bond motifs is 1. The Bertz CT molecular complexity index is 996. The molecular formula is C19H17BrN4O2S. The van der Waals surface area contributed by atoms with E-state index in [2.05, 4.69) is 36.5 Å². The number of para-hydroxylation sites is 2. The summed E-state index contributed by atoms with van der Waals surface area (Å²) < 4.78 is 0.784. The topological polar surface area (TPSA) is 84.0 Å². The fraction of sp³-hybridized carbons (Fsp3) is 0.158. The van der Waals surface area contributed by atoms with Gasteiger partial charge in [0.15, 0.2) is 0 Å². The summed E-state index contributed by atoms with van der Waals surface area (Å²) in [5, 5.41) is 7.03. The zero-order valence-electron chi connectivity index (χ0n) is 14.5. The average Bonchev–Trinajstić information content (AvgIpc) is 2.66. The third kappa shape index (κ3) is 5.27. The van der Waals surface area contributed by atoms with Crippen molar-refractivity contribution in [3.63, 3.8) is 0 Å². The zero-order chi connectivity index (χ0) is 19.2. The van der Waals surface area contributed by atoms with Crippen LogP contribution >= 0.6 is 27.7 Å². The van der Waals surface area contributed by atoms with Gasteiger partial charge in [0, 0.05) is 9.86 Å². The van der Waals surface area contributed by atoms with Crippen molar-refractivity contribution >= 4 is 56.1 Å². The predicted octanol–water partition coefficient (Wildman–Crippen LogP) is 3.55. The van der Waals surface area contributed by atoms with Crippen LogP contribution in [0.2, 0.25) is 0 Å².